The first kappa shape index (κ1) is 19.7. The van der Waals surface area contributed by atoms with Crippen molar-refractivity contribution >= 4 is 23.3 Å². The molecule has 0 radical (unpaired) electrons. The lowest BCUT2D eigenvalue weighted by molar-refractivity contribution is -0.126. The predicted molar refractivity (Wildman–Crippen MR) is 98.8 cm³/mol. The quantitative estimate of drug-likeness (QED) is 0.839. The molecular weight excluding hydrogens is 338 g/mol. The second-order valence-electron chi connectivity index (χ2n) is 7.01. The number of piperidine rings is 1. The summed E-state index contributed by atoms with van der Waals surface area (Å²) in [4.78, 5) is 31.6. The molecule has 0 saturated carbocycles. The van der Waals surface area contributed by atoms with Crippen molar-refractivity contribution in [2.45, 2.75) is 47.0 Å². The number of likely N-dealkylation sites (tertiary alicyclic amines) is 1. The fourth-order valence-corrected chi connectivity index (χ4v) is 3.84. The molecule has 0 unspecified atom stereocenters. The number of aryl methyl sites for hydroxylation is 2. The monoisotopic (exact) mass is 367 g/mol. The zero-order valence-corrected chi connectivity index (χ0v) is 16.4. The standard InChI is InChI=1S/C18H29N3O3S/c1-12(2)11-24-18(23)21-9-6-15(7-10-21)17(22)19-8-5-16-13(3)20-14(4)25-16/h12,15H,5-11H2,1-4H3,(H,19,22). The third kappa shape index (κ3) is 5.99. The number of hydrogen-bond donors (Lipinski definition) is 1. The Bertz CT molecular complexity index is 592. The summed E-state index contributed by atoms with van der Waals surface area (Å²) in [5.74, 6) is 0.408. The molecule has 25 heavy (non-hydrogen) atoms. The molecule has 0 spiro atoms. The third-order valence-electron chi connectivity index (χ3n) is 4.31. The Kier molecular flexibility index (Phi) is 7.23. The molecule has 140 valence electrons. The van der Waals surface area contributed by atoms with Gasteiger partial charge in [0.05, 0.1) is 17.3 Å². The highest BCUT2D eigenvalue weighted by molar-refractivity contribution is 7.11. The van der Waals surface area contributed by atoms with Crippen molar-refractivity contribution in [1.29, 1.82) is 0 Å². The lowest BCUT2D eigenvalue weighted by atomic mass is 9.96. The Labute approximate surface area is 154 Å². The number of amides is 2. The van der Waals surface area contributed by atoms with Crippen LogP contribution in [0.25, 0.3) is 0 Å². The highest BCUT2D eigenvalue weighted by Crippen LogP contribution is 2.19. The normalized spacial score (nSPS) is 15.5. The lowest BCUT2D eigenvalue weighted by Crippen LogP contribution is -2.43. The zero-order valence-electron chi connectivity index (χ0n) is 15.6. The first-order chi connectivity index (χ1) is 11.9. The fraction of sp³-hybridized carbons (Fsp3) is 0.722. The van der Waals surface area contributed by atoms with E-state index in [4.69, 9.17) is 4.74 Å². The molecule has 6 nitrogen and oxygen atoms in total. The summed E-state index contributed by atoms with van der Waals surface area (Å²) in [5, 5.41) is 4.09. The topological polar surface area (TPSA) is 71.5 Å². The molecule has 2 rings (SSSR count). The number of hydrogen-bond acceptors (Lipinski definition) is 5. The Morgan fingerprint density at radius 2 is 2.00 bits per heavy atom. The maximum absolute atomic E-state index is 12.3. The van der Waals surface area contributed by atoms with Crippen LogP contribution in [0.15, 0.2) is 0 Å². The first-order valence-corrected chi connectivity index (χ1v) is 9.80. The van der Waals surface area contributed by atoms with Gasteiger partial charge in [0.25, 0.3) is 0 Å². The molecule has 1 aromatic heterocycles. The summed E-state index contributed by atoms with van der Waals surface area (Å²) < 4.78 is 5.25. The summed E-state index contributed by atoms with van der Waals surface area (Å²) in [6.45, 7) is 10.3. The SMILES string of the molecule is Cc1nc(C)c(CCNC(=O)C2CCN(C(=O)OCC(C)C)CC2)s1. The number of nitrogens with zero attached hydrogens (tertiary/aromatic N) is 2. The van der Waals surface area contributed by atoms with Crippen LogP contribution in [-0.4, -0.2) is 48.1 Å². The number of aromatic nitrogens is 1. The van der Waals surface area contributed by atoms with Crippen molar-refractivity contribution in [2.24, 2.45) is 11.8 Å². The van der Waals surface area contributed by atoms with Crippen LogP contribution in [0.5, 0.6) is 0 Å². The van der Waals surface area contributed by atoms with E-state index < -0.39 is 0 Å². The molecular formula is C18H29N3O3S. The molecule has 2 amide bonds. The maximum atomic E-state index is 12.3. The van der Waals surface area contributed by atoms with Gasteiger partial charge in [0.15, 0.2) is 0 Å². The van der Waals surface area contributed by atoms with Crippen LogP contribution in [0.1, 0.15) is 42.3 Å². The average molecular weight is 368 g/mol. The van der Waals surface area contributed by atoms with Gasteiger partial charge in [0, 0.05) is 36.9 Å². The van der Waals surface area contributed by atoms with Gasteiger partial charge in [0.1, 0.15) is 0 Å². The number of carbonyl (C=O) groups is 2. The molecule has 7 heteroatoms. The average Bonchev–Trinajstić information content (AvgIpc) is 2.90. The molecule has 1 aliphatic heterocycles. The van der Waals surface area contributed by atoms with Crippen LogP contribution in [-0.2, 0) is 16.0 Å². The molecule has 0 aliphatic carbocycles. The van der Waals surface area contributed by atoms with E-state index in [1.54, 1.807) is 16.2 Å². The number of nitrogens with one attached hydrogen (secondary N) is 1. The van der Waals surface area contributed by atoms with Gasteiger partial charge in [-0.25, -0.2) is 9.78 Å². The summed E-state index contributed by atoms with van der Waals surface area (Å²) >= 11 is 1.69. The minimum Gasteiger partial charge on any atom is -0.449 e. The van der Waals surface area contributed by atoms with Crippen molar-refractivity contribution in [2.75, 3.05) is 26.2 Å². The van der Waals surface area contributed by atoms with E-state index in [1.807, 2.05) is 27.7 Å². The highest BCUT2D eigenvalue weighted by atomic mass is 32.1. The number of ether oxygens (including phenoxy) is 1. The largest absolute Gasteiger partial charge is 0.449 e. The van der Waals surface area contributed by atoms with Gasteiger partial charge < -0.3 is 15.0 Å². The molecule has 0 aromatic carbocycles. The molecule has 1 fully saturated rings. The van der Waals surface area contributed by atoms with Crippen molar-refractivity contribution in [3.63, 3.8) is 0 Å². The molecule has 1 aliphatic rings. The van der Waals surface area contributed by atoms with Gasteiger partial charge in [-0.2, -0.15) is 0 Å². The van der Waals surface area contributed by atoms with Gasteiger partial charge in [-0.05, 0) is 32.6 Å². The summed E-state index contributed by atoms with van der Waals surface area (Å²) in [6.07, 6.45) is 1.95. The van der Waals surface area contributed by atoms with Gasteiger partial charge in [-0.15, -0.1) is 11.3 Å². The van der Waals surface area contributed by atoms with E-state index in [9.17, 15) is 9.59 Å². The Morgan fingerprint density at radius 3 is 2.56 bits per heavy atom. The van der Waals surface area contributed by atoms with Gasteiger partial charge in [-0.3, -0.25) is 4.79 Å². The van der Waals surface area contributed by atoms with Gasteiger partial charge in [-0.1, -0.05) is 13.8 Å². The summed E-state index contributed by atoms with van der Waals surface area (Å²) in [6, 6.07) is 0. The van der Waals surface area contributed by atoms with Crippen molar-refractivity contribution in [3.8, 4) is 0 Å². The second-order valence-corrected chi connectivity index (χ2v) is 8.30. The minimum absolute atomic E-state index is 0.0153. The van der Waals surface area contributed by atoms with E-state index >= 15 is 0 Å². The first-order valence-electron chi connectivity index (χ1n) is 8.99. The number of rotatable bonds is 6. The van der Waals surface area contributed by atoms with Crippen LogP contribution >= 0.6 is 11.3 Å². The van der Waals surface area contributed by atoms with E-state index in [-0.39, 0.29) is 17.9 Å². The molecule has 0 atom stereocenters. The van der Waals surface area contributed by atoms with Crippen LogP contribution in [0.2, 0.25) is 0 Å². The fourth-order valence-electron chi connectivity index (χ4n) is 2.90. The van der Waals surface area contributed by atoms with E-state index in [2.05, 4.69) is 10.3 Å². The summed E-state index contributed by atoms with van der Waals surface area (Å²) in [7, 11) is 0. The van der Waals surface area contributed by atoms with Gasteiger partial charge >= 0.3 is 6.09 Å². The molecule has 2 heterocycles. The maximum Gasteiger partial charge on any atom is 0.409 e. The van der Waals surface area contributed by atoms with Crippen molar-refractivity contribution in [3.05, 3.63) is 15.6 Å². The van der Waals surface area contributed by atoms with E-state index in [0.29, 0.717) is 45.0 Å². The smallest absolute Gasteiger partial charge is 0.409 e. The van der Waals surface area contributed by atoms with Crippen molar-refractivity contribution < 1.29 is 14.3 Å². The molecule has 1 N–H and O–H groups in total. The zero-order chi connectivity index (χ0) is 18.4. The summed E-state index contributed by atoms with van der Waals surface area (Å²) in [5.41, 5.74) is 1.06. The van der Waals surface area contributed by atoms with E-state index in [0.717, 1.165) is 17.1 Å². The van der Waals surface area contributed by atoms with Crippen LogP contribution in [0.4, 0.5) is 4.79 Å². The highest BCUT2D eigenvalue weighted by Gasteiger charge is 2.28. The van der Waals surface area contributed by atoms with Gasteiger partial charge in [0.2, 0.25) is 5.91 Å². The van der Waals surface area contributed by atoms with Crippen molar-refractivity contribution in [1.82, 2.24) is 15.2 Å². The second kappa shape index (κ2) is 9.17. The van der Waals surface area contributed by atoms with Crippen LogP contribution < -0.4 is 5.32 Å². The lowest BCUT2D eigenvalue weighted by Gasteiger charge is -2.30. The Balaban J connectivity index is 1.68. The van der Waals surface area contributed by atoms with Crippen LogP contribution in [0, 0.1) is 25.7 Å². The number of carbonyl (C=O) groups excluding carboxylic acids is 2. The van der Waals surface area contributed by atoms with Crippen LogP contribution in [0.3, 0.4) is 0 Å². The Hall–Kier alpha value is -1.63. The minimum atomic E-state index is -0.261. The molecule has 0 bridgehead atoms. The van der Waals surface area contributed by atoms with E-state index in [1.165, 1.54) is 4.88 Å². The third-order valence-corrected chi connectivity index (χ3v) is 5.45. The molecule has 1 aromatic rings. The number of thiazole rings is 1. The molecule has 1 saturated heterocycles. The predicted octanol–water partition coefficient (Wildman–Crippen LogP) is 2.92. The Morgan fingerprint density at radius 1 is 1.32 bits per heavy atom.